The van der Waals surface area contributed by atoms with E-state index in [4.69, 9.17) is 8.83 Å². The molecule has 27 heavy (non-hydrogen) atoms. The van der Waals surface area contributed by atoms with Gasteiger partial charge in [0.25, 0.3) is 0 Å². The number of anilines is 1. The number of rotatable bonds is 3. The van der Waals surface area contributed by atoms with Gasteiger partial charge in [0.2, 0.25) is 5.91 Å². The molecule has 1 N–H and O–H groups in total. The number of furan rings is 1. The third kappa shape index (κ3) is 3.10. The van der Waals surface area contributed by atoms with Crippen molar-refractivity contribution in [1.29, 1.82) is 0 Å². The minimum absolute atomic E-state index is 0.0813. The number of benzene rings is 1. The Labute approximate surface area is 154 Å². The first kappa shape index (κ1) is 17.0. The molecule has 0 spiro atoms. The molecule has 0 saturated carbocycles. The summed E-state index contributed by atoms with van der Waals surface area (Å²) in [7, 11) is 0. The summed E-state index contributed by atoms with van der Waals surface area (Å²) in [5.74, 6) is 0.130. The lowest BCUT2D eigenvalue weighted by Crippen LogP contribution is -2.21. The van der Waals surface area contributed by atoms with E-state index in [1.807, 2.05) is 32.9 Å². The van der Waals surface area contributed by atoms with Crippen LogP contribution in [-0.4, -0.2) is 10.9 Å². The number of nitrogens with one attached hydrogen (secondary N) is 1. The van der Waals surface area contributed by atoms with Crippen molar-refractivity contribution in [2.45, 2.75) is 27.2 Å². The first-order valence-corrected chi connectivity index (χ1v) is 8.59. The normalized spacial score (nSPS) is 11.2. The van der Waals surface area contributed by atoms with Gasteiger partial charge in [-0.15, -0.1) is 0 Å². The van der Waals surface area contributed by atoms with Gasteiger partial charge in [0.1, 0.15) is 17.0 Å². The number of hydrogen-bond donors (Lipinski definition) is 1. The monoisotopic (exact) mass is 362 g/mol. The second kappa shape index (κ2) is 6.39. The Kier molecular flexibility index (Phi) is 4.03. The van der Waals surface area contributed by atoms with Gasteiger partial charge in [-0.1, -0.05) is 6.07 Å². The molecule has 136 valence electrons. The highest BCUT2D eigenvalue weighted by molar-refractivity contribution is 5.97. The van der Waals surface area contributed by atoms with Crippen LogP contribution in [0.3, 0.4) is 0 Å². The highest BCUT2D eigenvalue weighted by Gasteiger charge is 2.17. The van der Waals surface area contributed by atoms with Crippen LogP contribution in [0.1, 0.15) is 22.3 Å². The standard InChI is InChI=1S/C21H18N2O4/c1-11-4-5-19(22-9-11)23-20(24)7-16-13(3)15-6-14-12(2)10-26-17(14)8-18(15)27-21(16)25/h4-6,8-10H,7H2,1-3H3,(H,22,23,24). The number of aromatic nitrogens is 1. The quantitative estimate of drug-likeness (QED) is 0.556. The Balaban J connectivity index is 1.71. The molecule has 0 bridgehead atoms. The fourth-order valence-corrected chi connectivity index (χ4v) is 3.13. The third-order valence-electron chi connectivity index (χ3n) is 4.69. The maximum atomic E-state index is 12.4. The number of hydrogen-bond acceptors (Lipinski definition) is 5. The molecule has 0 aliphatic carbocycles. The number of carbonyl (C=O) groups is 1. The van der Waals surface area contributed by atoms with E-state index in [2.05, 4.69) is 10.3 Å². The first-order chi connectivity index (χ1) is 12.9. The Morgan fingerprint density at radius 3 is 2.67 bits per heavy atom. The fourth-order valence-electron chi connectivity index (χ4n) is 3.13. The number of aryl methyl sites for hydroxylation is 3. The minimum Gasteiger partial charge on any atom is -0.464 e. The van der Waals surface area contributed by atoms with Crippen molar-refractivity contribution < 1.29 is 13.6 Å². The van der Waals surface area contributed by atoms with Crippen LogP contribution in [0.15, 0.2) is 50.4 Å². The van der Waals surface area contributed by atoms with E-state index in [1.54, 1.807) is 24.6 Å². The van der Waals surface area contributed by atoms with Crippen molar-refractivity contribution in [3.05, 3.63) is 69.4 Å². The zero-order valence-corrected chi connectivity index (χ0v) is 15.3. The molecule has 6 heteroatoms. The number of pyridine rings is 1. The smallest absolute Gasteiger partial charge is 0.340 e. The molecule has 4 aromatic rings. The number of nitrogens with zero attached hydrogens (tertiary/aromatic N) is 1. The van der Waals surface area contributed by atoms with E-state index in [-0.39, 0.29) is 12.3 Å². The molecular weight excluding hydrogens is 344 g/mol. The molecule has 0 aliphatic heterocycles. The molecule has 0 radical (unpaired) electrons. The molecule has 0 fully saturated rings. The summed E-state index contributed by atoms with van der Waals surface area (Å²) in [4.78, 5) is 29.0. The van der Waals surface area contributed by atoms with Crippen LogP contribution in [0.4, 0.5) is 5.82 Å². The zero-order valence-electron chi connectivity index (χ0n) is 15.3. The molecule has 4 rings (SSSR count). The molecule has 0 unspecified atom stereocenters. The van der Waals surface area contributed by atoms with E-state index in [9.17, 15) is 9.59 Å². The van der Waals surface area contributed by atoms with Gasteiger partial charge >= 0.3 is 5.63 Å². The van der Waals surface area contributed by atoms with Crippen molar-refractivity contribution >= 4 is 33.7 Å². The minimum atomic E-state index is -0.519. The van der Waals surface area contributed by atoms with Crippen LogP contribution in [0.5, 0.6) is 0 Å². The zero-order chi connectivity index (χ0) is 19.1. The molecule has 1 amide bonds. The summed E-state index contributed by atoms with van der Waals surface area (Å²) in [5.41, 5.74) is 3.67. The lowest BCUT2D eigenvalue weighted by Gasteiger charge is -2.09. The second-order valence-corrected chi connectivity index (χ2v) is 6.70. The molecule has 0 saturated heterocycles. The van der Waals surface area contributed by atoms with Crippen molar-refractivity contribution in [2.75, 3.05) is 5.32 Å². The third-order valence-corrected chi connectivity index (χ3v) is 4.69. The van der Waals surface area contributed by atoms with E-state index < -0.39 is 5.63 Å². The van der Waals surface area contributed by atoms with Gasteiger partial charge in [-0.25, -0.2) is 9.78 Å². The van der Waals surface area contributed by atoms with Crippen LogP contribution < -0.4 is 10.9 Å². The second-order valence-electron chi connectivity index (χ2n) is 6.70. The van der Waals surface area contributed by atoms with Gasteiger partial charge in [-0.05, 0) is 49.6 Å². The summed E-state index contributed by atoms with van der Waals surface area (Å²) < 4.78 is 10.9. The highest BCUT2D eigenvalue weighted by Crippen LogP contribution is 2.28. The summed E-state index contributed by atoms with van der Waals surface area (Å²) in [6, 6.07) is 7.23. The van der Waals surface area contributed by atoms with Crippen LogP contribution in [0, 0.1) is 20.8 Å². The summed E-state index contributed by atoms with van der Waals surface area (Å²) >= 11 is 0. The Bertz CT molecular complexity index is 1230. The average molecular weight is 362 g/mol. The van der Waals surface area contributed by atoms with Crippen LogP contribution in [0.25, 0.3) is 21.9 Å². The van der Waals surface area contributed by atoms with Crippen molar-refractivity contribution in [3.8, 4) is 0 Å². The highest BCUT2D eigenvalue weighted by atomic mass is 16.4. The molecule has 6 nitrogen and oxygen atoms in total. The Morgan fingerprint density at radius 2 is 1.93 bits per heavy atom. The number of carbonyl (C=O) groups excluding carboxylic acids is 1. The van der Waals surface area contributed by atoms with Gasteiger partial charge < -0.3 is 14.2 Å². The van der Waals surface area contributed by atoms with Crippen LogP contribution >= 0.6 is 0 Å². The van der Waals surface area contributed by atoms with Gasteiger partial charge in [0.05, 0.1) is 18.2 Å². The van der Waals surface area contributed by atoms with Gasteiger partial charge in [0.15, 0.2) is 0 Å². The maximum absolute atomic E-state index is 12.4. The largest absolute Gasteiger partial charge is 0.464 e. The molecule has 0 aliphatic rings. The van der Waals surface area contributed by atoms with Crippen LogP contribution in [-0.2, 0) is 11.2 Å². The van der Waals surface area contributed by atoms with Gasteiger partial charge in [-0.3, -0.25) is 4.79 Å². The molecule has 3 heterocycles. The molecule has 0 atom stereocenters. The predicted molar refractivity (Wildman–Crippen MR) is 103 cm³/mol. The van der Waals surface area contributed by atoms with Gasteiger partial charge in [-0.2, -0.15) is 0 Å². The molecule has 3 aromatic heterocycles. The fraction of sp³-hybridized carbons (Fsp3) is 0.190. The first-order valence-electron chi connectivity index (χ1n) is 8.59. The average Bonchev–Trinajstić information content (AvgIpc) is 2.99. The van der Waals surface area contributed by atoms with Crippen molar-refractivity contribution in [3.63, 3.8) is 0 Å². The maximum Gasteiger partial charge on any atom is 0.340 e. The number of fused-ring (bicyclic) bond motifs is 2. The SMILES string of the molecule is Cc1ccc(NC(=O)Cc2c(C)c3cc4c(C)coc4cc3oc2=O)nc1. The van der Waals surface area contributed by atoms with Crippen molar-refractivity contribution in [2.24, 2.45) is 0 Å². The lowest BCUT2D eigenvalue weighted by atomic mass is 10.0. The Hall–Kier alpha value is -3.41. The summed E-state index contributed by atoms with van der Waals surface area (Å²) in [6.45, 7) is 5.70. The number of amides is 1. The topological polar surface area (TPSA) is 85.3 Å². The molecule has 1 aromatic carbocycles. The van der Waals surface area contributed by atoms with E-state index in [0.717, 1.165) is 27.5 Å². The predicted octanol–water partition coefficient (Wildman–Crippen LogP) is 4.04. The van der Waals surface area contributed by atoms with Crippen molar-refractivity contribution in [1.82, 2.24) is 4.98 Å². The van der Waals surface area contributed by atoms with E-state index >= 15 is 0 Å². The summed E-state index contributed by atoms with van der Waals surface area (Å²) in [6.07, 6.45) is 3.26. The summed E-state index contributed by atoms with van der Waals surface area (Å²) in [5, 5.41) is 4.46. The van der Waals surface area contributed by atoms with E-state index in [1.165, 1.54) is 0 Å². The van der Waals surface area contributed by atoms with E-state index in [0.29, 0.717) is 22.5 Å². The molecular formula is C21H18N2O4. The Morgan fingerprint density at radius 1 is 1.11 bits per heavy atom. The van der Waals surface area contributed by atoms with Crippen LogP contribution in [0.2, 0.25) is 0 Å². The van der Waals surface area contributed by atoms with Gasteiger partial charge in [0, 0.05) is 23.0 Å². The lowest BCUT2D eigenvalue weighted by molar-refractivity contribution is -0.115.